The Labute approximate surface area is 132 Å². The molecule has 0 aliphatic carbocycles. The number of nitrogens with zero attached hydrogens (tertiary/aromatic N) is 4. The van der Waals surface area contributed by atoms with E-state index in [2.05, 4.69) is 14.7 Å². The second-order valence-electron chi connectivity index (χ2n) is 4.16. The van der Waals surface area contributed by atoms with E-state index in [-0.39, 0.29) is 11.0 Å². The van der Waals surface area contributed by atoms with Crippen LogP contribution in [0.15, 0.2) is 45.1 Å². The molecule has 0 fully saturated rings. The van der Waals surface area contributed by atoms with Gasteiger partial charge in [-0.1, -0.05) is 47.2 Å². The van der Waals surface area contributed by atoms with Gasteiger partial charge in [-0.05, 0) is 17.0 Å². The van der Waals surface area contributed by atoms with Crippen molar-refractivity contribution in [3.8, 4) is 0 Å². The predicted molar refractivity (Wildman–Crippen MR) is 82.7 cm³/mol. The first-order valence-corrected chi connectivity index (χ1v) is 8.79. The number of benzene rings is 1. The topological polar surface area (TPSA) is 101 Å². The summed E-state index contributed by atoms with van der Waals surface area (Å²) in [6.07, 6.45) is -1.07. The average molecular weight is 342 g/mol. The highest BCUT2D eigenvalue weighted by molar-refractivity contribution is 8.35. The number of hydrazone groups is 1. The van der Waals surface area contributed by atoms with Gasteiger partial charge in [-0.25, -0.2) is 4.79 Å². The van der Waals surface area contributed by atoms with Gasteiger partial charge in [0.05, 0.1) is 5.88 Å². The smallest absolute Gasteiger partial charge is 0.442 e. The molecule has 0 atom stereocenters. The summed E-state index contributed by atoms with van der Waals surface area (Å²) in [7, 11) is -4.05. The molecule has 0 unspecified atom stereocenters. The second-order valence-corrected chi connectivity index (χ2v) is 6.85. The summed E-state index contributed by atoms with van der Waals surface area (Å²) in [5.41, 5.74) is 0.767. The van der Waals surface area contributed by atoms with Gasteiger partial charge in [0, 0.05) is 6.54 Å². The van der Waals surface area contributed by atoms with Crippen LogP contribution in [-0.4, -0.2) is 36.3 Å². The van der Waals surface area contributed by atoms with Crippen LogP contribution in [-0.2, 0) is 21.4 Å². The SMILES string of the molecule is CCN1CSC(S(=O)(=O)N=NC(=O)OCc2ccccc2)=N1. The quantitative estimate of drug-likeness (QED) is 0.779. The third-order valence-electron chi connectivity index (χ3n) is 2.58. The maximum Gasteiger partial charge on any atom is 0.453 e. The van der Waals surface area contributed by atoms with Crippen molar-refractivity contribution in [3.05, 3.63) is 35.9 Å². The van der Waals surface area contributed by atoms with Crippen LogP contribution in [0.3, 0.4) is 0 Å². The van der Waals surface area contributed by atoms with E-state index in [0.29, 0.717) is 12.4 Å². The number of ether oxygens (including phenoxy) is 1. The molecule has 0 radical (unpaired) electrons. The molecule has 22 heavy (non-hydrogen) atoms. The lowest BCUT2D eigenvalue weighted by atomic mass is 10.2. The van der Waals surface area contributed by atoms with E-state index in [0.717, 1.165) is 17.3 Å². The summed E-state index contributed by atoms with van der Waals surface area (Å²) in [5, 5.41) is 8.51. The van der Waals surface area contributed by atoms with Crippen molar-refractivity contribution in [3.63, 3.8) is 0 Å². The number of thioether (sulfide) groups is 1. The molecule has 0 N–H and O–H groups in total. The first-order chi connectivity index (χ1) is 10.5. The van der Waals surface area contributed by atoms with Gasteiger partial charge in [0.1, 0.15) is 6.61 Å². The van der Waals surface area contributed by atoms with Gasteiger partial charge in [-0.3, -0.25) is 5.01 Å². The van der Waals surface area contributed by atoms with Crippen molar-refractivity contribution < 1.29 is 17.9 Å². The first kappa shape index (κ1) is 16.4. The van der Waals surface area contributed by atoms with E-state index in [1.54, 1.807) is 29.3 Å². The summed E-state index contributed by atoms with van der Waals surface area (Å²) < 4.78 is 31.4. The van der Waals surface area contributed by atoms with Gasteiger partial charge >= 0.3 is 16.1 Å². The van der Waals surface area contributed by atoms with Crippen molar-refractivity contribution in [1.82, 2.24) is 5.01 Å². The Bertz CT molecular complexity index is 688. The number of sulfonamides is 1. The molecule has 1 heterocycles. The normalized spacial score (nSPS) is 15.1. The van der Waals surface area contributed by atoms with Crippen molar-refractivity contribution >= 4 is 32.3 Å². The van der Waals surface area contributed by atoms with Crippen LogP contribution < -0.4 is 0 Å². The van der Waals surface area contributed by atoms with Crippen molar-refractivity contribution in [2.45, 2.75) is 13.5 Å². The second kappa shape index (κ2) is 7.36. The summed E-state index contributed by atoms with van der Waals surface area (Å²) in [5.74, 6) is 0.430. The van der Waals surface area contributed by atoms with Crippen LogP contribution in [0, 0.1) is 0 Å². The molecular formula is C12H14N4O4S2. The van der Waals surface area contributed by atoms with E-state index >= 15 is 0 Å². The van der Waals surface area contributed by atoms with Crippen molar-refractivity contribution in [2.24, 2.45) is 14.7 Å². The first-order valence-electron chi connectivity index (χ1n) is 6.36. The zero-order chi connectivity index (χ0) is 16.0. The van der Waals surface area contributed by atoms with Crippen LogP contribution in [0.25, 0.3) is 0 Å². The van der Waals surface area contributed by atoms with E-state index in [1.807, 2.05) is 13.0 Å². The fourth-order valence-corrected chi connectivity index (χ4v) is 3.45. The third kappa shape index (κ3) is 4.53. The maximum absolute atomic E-state index is 11.8. The highest BCUT2D eigenvalue weighted by Crippen LogP contribution is 2.21. The Balaban J connectivity index is 1.92. The Morgan fingerprint density at radius 2 is 2.14 bits per heavy atom. The standard InChI is InChI=1S/C12H14N4O4S2/c1-2-16-9-21-12(14-16)22(18,19)15-13-11(17)20-8-10-6-4-3-5-7-10/h3-7H,2,8-9H2,1H3. The highest BCUT2D eigenvalue weighted by atomic mass is 32.3. The minimum atomic E-state index is -4.05. The number of rotatable bonds is 4. The lowest BCUT2D eigenvalue weighted by Crippen LogP contribution is -2.11. The molecule has 0 spiro atoms. The summed E-state index contributed by atoms with van der Waals surface area (Å²) >= 11 is 1.03. The molecule has 118 valence electrons. The van der Waals surface area contributed by atoms with Crippen molar-refractivity contribution in [2.75, 3.05) is 12.4 Å². The number of amides is 1. The molecule has 0 aromatic heterocycles. The van der Waals surface area contributed by atoms with Gasteiger partial charge in [-0.2, -0.15) is 13.5 Å². The number of carbonyl (C=O) groups is 1. The number of carbonyl (C=O) groups excluding carboxylic acids is 1. The fourth-order valence-electron chi connectivity index (χ4n) is 1.46. The monoisotopic (exact) mass is 342 g/mol. The van der Waals surface area contributed by atoms with Crippen LogP contribution in [0.1, 0.15) is 12.5 Å². The molecule has 8 nitrogen and oxygen atoms in total. The summed E-state index contributed by atoms with van der Waals surface area (Å²) in [6.45, 7) is 2.43. The van der Waals surface area contributed by atoms with Gasteiger partial charge in [0.25, 0.3) is 0 Å². The molecule has 0 bridgehead atoms. The predicted octanol–water partition coefficient (Wildman–Crippen LogP) is 2.40. The molecular weight excluding hydrogens is 328 g/mol. The number of hydrogen-bond acceptors (Lipinski definition) is 7. The van der Waals surface area contributed by atoms with E-state index in [9.17, 15) is 13.2 Å². The lowest BCUT2D eigenvalue weighted by Gasteiger charge is -2.06. The van der Waals surface area contributed by atoms with E-state index in [4.69, 9.17) is 4.74 Å². The highest BCUT2D eigenvalue weighted by Gasteiger charge is 2.27. The molecule has 10 heteroatoms. The molecule has 1 amide bonds. The largest absolute Gasteiger partial charge is 0.453 e. The molecule has 1 aromatic rings. The number of hydrogen-bond donors (Lipinski definition) is 0. The minimum Gasteiger partial charge on any atom is -0.442 e. The van der Waals surface area contributed by atoms with Crippen LogP contribution in [0.5, 0.6) is 0 Å². The molecule has 0 saturated heterocycles. The Hall–Kier alpha value is -1.94. The Morgan fingerprint density at radius 3 is 2.77 bits per heavy atom. The zero-order valence-corrected chi connectivity index (χ0v) is 13.4. The van der Waals surface area contributed by atoms with Gasteiger partial charge in [0.2, 0.25) is 4.38 Å². The zero-order valence-electron chi connectivity index (χ0n) is 11.7. The summed E-state index contributed by atoms with van der Waals surface area (Å²) in [6, 6.07) is 8.96. The fraction of sp³-hybridized carbons (Fsp3) is 0.333. The molecule has 2 rings (SSSR count). The van der Waals surface area contributed by atoms with Gasteiger partial charge in [0.15, 0.2) is 0 Å². The van der Waals surface area contributed by atoms with Crippen LogP contribution >= 0.6 is 11.8 Å². The molecule has 1 aromatic carbocycles. The Morgan fingerprint density at radius 1 is 1.41 bits per heavy atom. The molecule has 1 aliphatic rings. The minimum absolute atomic E-state index is 0.00193. The average Bonchev–Trinajstić information content (AvgIpc) is 3.02. The Kier molecular flexibility index (Phi) is 5.50. The third-order valence-corrected chi connectivity index (χ3v) is 5.14. The van der Waals surface area contributed by atoms with Gasteiger partial charge < -0.3 is 4.74 Å². The van der Waals surface area contributed by atoms with Crippen molar-refractivity contribution in [1.29, 1.82) is 0 Å². The van der Waals surface area contributed by atoms with Crippen LogP contribution in [0.2, 0.25) is 0 Å². The lowest BCUT2D eigenvalue weighted by molar-refractivity contribution is 0.149. The van der Waals surface area contributed by atoms with Gasteiger partial charge in [-0.15, -0.1) is 0 Å². The van der Waals surface area contributed by atoms with E-state index < -0.39 is 16.1 Å². The molecule has 1 aliphatic heterocycles. The molecule has 0 saturated carbocycles. The van der Waals surface area contributed by atoms with Crippen LogP contribution in [0.4, 0.5) is 4.79 Å². The maximum atomic E-state index is 11.8. The summed E-state index contributed by atoms with van der Waals surface area (Å²) in [4.78, 5) is 11.4. The van der Waals surface area contributed by atoms with E-state index in [1.165, 1.54) is 0 Å².